The van der Waals surface area contributed by atoms with Gasteiger partial charge in [-0.15, -0.1) is 13.2 Å². The van der Waals surface area contributed by atoms with E-state index in [-0.39, 0.29) is 29.7 Å². The zero-order valence-corrected chi connectivity index (χ0v) is 24.2. The number of hydrogen-bond donors (Lipinski definition) is 2. The third kappa shape index (κ3) is 7.28. The second-order valence-electron chi connectivity index (χ2n) is 11.5. The second-order valence-corrected chi connectivity index (χ2v) is 11.9. The Hall–Kier alpha value is -3.92. The fourth-order valence-electron chi connectivity index (χ4n) is 5.89. The van der Waals surface area contributed by atoms with Gasteiger partial charge in [-0.25, -0.2) is 4.98 Å². The van der Waals surface area contributed by atoms with Gasteiger partial charge in [0.1, 0.15) is 11.5 Å². The van der Waals surface area contributed by atoms with E-state index >= 15 is 0 Å². The maximum absolute atomic E-state index is 12.6. The van der Waals surface area contributed by atoms with Gasteiger partial charge in [0.25, 0.3) is 5.91 Å². The molecule has 5 rings (SSSR count). The first kappa shape index (κ1) is 29.6. The molecule has 2 atom stereocenters. The molecule has 222 valence electrons. The molecular weight excluding hydrogens is 569 g/mol. The Morgan fingerprint density at radius 1 is 1.07 bits per heavy atom. The number of aromatic nitrogens is 2. The van der Waals surface area contributed by atoms with Crippen LogP contribution >= 0.6 is 11.6 Å². The zero-order chi connectivity index (χ0) is 30.1. The van der Waals surface area contributed by atoms with E-state index in [9.17, 15) is 18.0 Å². The van der Waals surface area contributed by atoms with Crippen molar-refractivity contribution in [1.29, 1.82) is 0 Å². The number of imidazole rings is 1. The largest absolute Gasteiger partial charge is 0.573 e. The van der Waals surface area contributed by atoms with Crippen LogP contribution in [-0.2, 0) is 4.79 Å². The first-order valence-corrected chi connectivity index (χ1v) is 14.0. The second kappa shape index (κ2) is 11.8. The quantitative estimate of drug-likeness (QED) is 0.211. The summed E-state index contributed by atoms with van der Waals surface area (Å²) in [5, 5.41) is 6.45. The molecule has 1 amide bonds. The fraction of sp³-hybridized carbons (Fsp3) is 0.355. The van der Waals surface area contributed by atoms with Crippen molar-refractivity contribution in [2.45, 2.75) is 52.4 Å². The van der Waals surface area contributed by atoms with E-state index in [1.807, 2.05) is 6.07 Å². The van der Waals surface area contributed by atoms with Crippen LogP contribution in [0.2, 0.25) is 5.02 Å². The van der Waals surface area contributed by atoms with Crippen molar-refractivity contribution in [3.8, 4) is 11.5 Å². The minimum atomic E-state index is -4.76. The molecule has 4 aromatic rings. The molecule has 0 aliphatic heterocycles. The predicted molar refractivity (Wildman–Crippen MR) is 158 cm³/mol. The summed E-state index contributed by atoms with van der Waals surface area (Å²) in [7, 11) is 0. The van der Waals surface area contributed by atoms with E-state index in [0.29, 0.717) is 39.5 Å². The summed E-state index contributed by atoms with van der Waals surface area (Å²) in [5.41, 5.74) is 2.74. The Bertz CT molecular complexity index is 1570. The highest BCUT2D eigenvalue weighted by Crippen LogP contribution is 2.46. The van der Waals surface area contributed by atoms with Crippen LogP contribution < -0.4 is 20.1 Å². The number of alkyl halides is 3. The predicted octanol–water partition coefficient (Wildman–Crippen LogP) is 8.74. The van der Waals surface area contributed by atoms with Gasteiger partial charge in [0.05, 0.1) is 21.7 Å². The van der Waals surface area contributed by atoms with E-state index in [1.165, 1.54) is 24.3 Å². The minimum Gasteiger partial charge on any atom is -0.484 e. The minimum absolute atomic E-state index is 0.130. The lowest BCUT2D eigenvalue weighted by atomic mass is 9.70. The fourth-order valence-corrected chi connectivity index (χ4v) is 6.07. The van der Waals surface area contributed by atoms with Crippen LogP contribution in [-0.4, -0.2) is 28.4 Å². The summed E-state index contributed by atoms with van der Waals surface area (Å²) in [5.74, 6) is 0.885. The number of halogens is 4. The highest BCUT2D eigenvalue weighted by molar-refractivity contribution is 6.33. The number of nitrogens with zero attached hydrogens (tertiary/aromatic N) is 2. The topological polar surface area (TPSA) is 77.4 Å². The lowest BCUT2D eigenvalue weighted by Crippen LogP contribution is -2.29. The number of para-hydroxylation sites is 1. The van der Waals surface area contributed by atoms with Gasteiger partial charge in [0.2, 0.25) is 5.95 Å². The summed E-state index contributed by atoms with van der Waals surface area (Å²) in [4.78, 5) is 17.3. The van der Waals surface area contributed by atoms with Crippen LogP contribution in [0.25, 0.3) is 11.0 Å². The van der Waals surface area contributed by atoms with Gasteiger partial charge in [-0.3, -0.25) is 4.79 Å². The van der Waals surface area contributed by atoms with Crippen LogP contribution in [0.3, 0.4) is 0 Å². The highest BCUT2D eigenvalue weighted by atomic mass is 35.5. The summed E-state index contributed by atoms with van der Waals surface area (Å²) < 4.78 is 49.8. The lowest BCUT2D eigenvalue weighted by molar-refractivity contribution is -0.274. The van der Waals surface area contributed by atoms with Crippen LogP contribution in [0.5, 0.6) is 11.5 Å². The average Bonchev–Trinajstić information content (AvgIpc) is 3.25. The molecule has 11 heteroatoms. The number of rotatable bonds is 8. The molecule has 1 fully saturated rings. The smallest absolute Gasteiger partial charge is 0.484 e. The normalized spacial score (nSPS) is 18.5. The van der Waals surface area contributed by atoms with Gasteiger partial charge in [-0.1, -0.05) is 44.5 Å². The van der Waals surface area contributed by atoms with E-state index < -0.39 is 6.36 Å². The summed E-state index contributed by atoms with van der Waals surface area (Å²) >= 11 is 6.13. The molecule has 3 aromatic carbocycles. The van der Waals surface area contributed by atoms with Crippen molar-refractivity contribution in [2.75, 3.05) is 17.2 Å². The maximum atomic E-state index is 12.6. The maximum Gasteiger partial charge on any atom is 0.573 e. The molecule has 0 radical (unpaired) electrons. The van der Waals surface area contributed by atoms with Crippen LogP contribution in [0.4, 0.5) is 30.5 Å². The van der Waals surface area contributed by atoms with Crippen molar-refractivity contribution < 1.29 is 27.4 Å². The Balaban J connectivity index is 1.40. The molecule has 1 saturated carbocycles. The third-order valence-electron chi connectivity index (χ3n) is 7.25. The Labute approximate surface area is 247 Å². The summed E-state index contributed by atoms with van der Waals surface area (Å²) in [6.07, 6.45) is -1.74. The first-order valence-electron chi connectivity index (χ1n) is 13.7. The van der Waals surface area contributed by atoms with Gasteiger partial charge >= 0.3 is 6.36 Å². The number of carbonyl (C=O) groups is 1. The van der Waals surface area contributed by atoms with Gasteiger partial charge in [-0.2, -0.15) is 0 Å². The number of fused-ring (bicyclic) bond motifs is 1. The monoisotopic (exact) mass is 600 g/mol. The number of amides is 1. The Kier molecular flexibility index (Phi) is 8.28. The molecule has 0 spiro atoms. The van der Waals surface area contributed by atoms with Crippen molar-refractivity contribution in [3.05, 3.63) is 71.8 Å². The molecule has 0 saturated heterocycles. The van der Waals surface area contributed by atoms with E-state index in [1.54, 1.807) is 36.4 Å². The number of ether oxygens (including phenoxy) is 2. The molecule has 42 heavy (non-hydrogen) atoms. The first-order chi connectivity index (χ1) is 19.8. The van der Waals surface area contributed by atoms with Gasteiger partial charge in [-0.05, 0) is 79.1 Å². The van der Waals surface area contributed by atoms with Crippen molar-refractivity contribution in [2.24, 2.45) is 11.3 Å². The average molecular weight is 601 g/mol. The molecule has 1 aliphatic rings. The number of benzene rings is 3. The van der Waals surface area contributed by atoms with Crippen molar-refractivity contribution in [1.82, 2.24) is 9.55 Å². The molecule has 1 heterocycles. The third-order valence-corrected chi connectivity index (χ3v) is 7.58. The number of carbonyl (C=O) groups excluding carboxylic acids is 1. The molecule has 1 aromatic heterocycles. The molecule has 2 unspecified atom stereocenters. The Morgan fingerprint density at radius 2 is 1.79 bits per heavy atom. The van der Waals surface area contributed by atoms with Crippen LogP contribution in [0, 0.1) is 11.3 Å². The Morgan fingerprint density at radius 3 is 2.48 bits per heavy atom. The van der Waals surface area contributed by atoms with E-state index in [4.69, 9.17) is 21.3 Å². The van der Waals surface area contributed by atoms with E-state index in [0.717, 1.165) is 24.8 Å². The molecule has 1 aliphatic carbocycles. The highest BCUT2D eigenvalue weighted by Gasteiger charge is 2.35. The van der Waals surface area contributed by atoms with Gasteiger partial charge in [0, 0.05) is 17.8 Å². The molecule has 0 bridgehead atoms. The van der Waals surface area contributed by atoms with Gasteiger partial charge in [0.15, 0.2) is 6.61 Å². The molecular formula is C31H32ClF3N4O3. The van der Waals surface area contributed by atoms with Crippen molar-refractivity contribution >= 4 is 45.9 Å². The van der Waals surface area contributed by atoms with Crippen LogP contribution in [0.15, 0.2) is 66.7 Å². The SMILES string of the molecule is CC1CC(n2c(Nc3ccc(OC(F)(F)F)cc3)nc3cc(OCC(=O)Nc4ccccc4Cl)ccc32)CC(C)(C)C1. The molecule has 7 nitrogen and oxygen atoms in total. The standard InChI is InChI=1S/C31H32ClF3N4O3/c1-19-14-21(17-30(2,3)16-19)39-27-13-12-23(41-18-28(40)37-25-7-5-4-6-24(25)32)15-26(27)38-29(39)36-20-8-10-22(11-9-20)42-31(33,34)35/h4-13,15,19,21H,14,16-18H2,1-3H3,(H,36,38)(H,37,40). The van der Waals surface area contributed by atoms with Crippen molar-refractivity contribution in [3.63, 3.8) is 0 Å². The lowest BCUT2D eigenvalue weighted by Gasteiger charge is -2.40. The van der Waals surface area contributed by atoms with E-state index in [2.05, 4.69) is 40.7 Å². The summed E-state index contributed by atoms with van der Waals surface area (Å²) in [6, 6.07) is 18.1. The number of nitrogens with one attached hydrogen (secondary N) is 2. The number of hydrogen-bond acceptors (Lipinski definition) is 5. The molecule has 2 N–H and O–H groups in total. The summed E-state index contributed by atoms with van der Waals surface area (Å²) in [6.45, 7) is 6.56. The van der Waals surface area contributed by atoms with Crippen LogP contribution in [0.1, 0.15) is 46.1 Å². The number of anilines is 3. The van der Waals surface area contributed by atoms with Gasteiger partial charge < -0.3 is 24.7 Å². The zero-order valence-electron chi connectivity index (χ0n) is 23.5.